The van der Waals surface area contributed by atoms with E-state index >= 15 is 0 Å². The maximum atomic E-state index is 11.7. The first-order valence-corrected chi connectivity index (χ1v) is 10.9. The maximum absolute atomic E-state index is 11.7. The van der Waals surface area contributed by atoms with Gasteiger partial charge in [0.1, 0.15) is 0 Å². The van der Waals surface area contributed by atoms with Gasteiger partial charge in [0.05, 0.1) is 11.7 Å². The third kappa shape index (κ3) is 3.43. The van der Waals surface area contributed by atoms with E-state index in [1.807, 2.05) is 6.92 Å². The summed E-state index contributed by atoms with van der Waals surface area (Å²) in [6.07, 6.45) is 6.05. The number of ether oxygens (including phenoxy) is 1. The highest BCUT2D eigenvalue weighted by Gasteiger charge is 2.62. The molecule has 4 rings (SSSR count). The second-order valence-electron chi connectivity index (χ2n) is 9.45. The van der Waals surface area contributed by atoms with Crippen LogP contribution in [0.4, 0.5) is 0 Å². The molecule has 0 radical (unpaired) electrons. The molecule has 0 aliphatic carbocycles. The number of carbonyl (C=O) groups is 1. The van der Waals surface area contributed by atoms with Crippen molar-refractivity contribution in [1.82, 2.24) is 15.1 Å². The minimum absolute atomic E-state index is 0.102. The number of rotatable bonds is 6. The summed E-state index contributed by atoms with van der Waals surface area (Å²) >= 11 is 0. The molecule has 4 aliphatic rings. The van der Waals surface area contributed by atoms with E-state index in [0.29, 0.717) is 30.4 Å². The van der Waals surface area contributed by atoms with Crippen molar-refractivity contribution in [2.24, 2.45) is 17.8 Å². The van der Waals surface area contributed by atoms with Crippen LogP contribution in [0.15, 0.2) is 0 Å². The summed E-state index contributed by atoms with van der Waals surface area (Å²) in [7, 11) is 0. The molecule has 4 aliphatic heterocycles. The Morgan fingerprint density at radius 2 is 2.04 bits per heavy atom. The molecule has 26 heavy (non-hydrogen) atoms. The van der Waals surface area contributed by atoms with E-state index in [9.17, 15) is 4.79 Å². The molecule has 148 valence electrons. The largest absolute Gasteiger partial charge is 0.370 e. The Morgan fingerprint density at radius 3 is 2.73 bits per heavy atom. The van der Waals surface area contributed by atoms with E-state index in [-0.39, 0.29) is 11.5 Å². The van der Waals surface area contributed by atoms with Gasteiger partial charge in [-0.25, -0.2) is 0 Å². The van der Waals surface area contributed by atoms with Crippen molar-refractivity contribution in [3.05, 3.63) is 0 Å². The molecule has 2 bridgehead atoms. The first kappa shape index (κ1) is 18.7. The van der Waals surface area contributed by atoms with Crippen LogP contribution in [0.2, 0.25) is 0 Å². The minimum Gasteiger partial charge on any atom is -0.370 e. The Hall–Kier alpha value is -0.650. The first-order chi connectivity index (χ1) is 12.5. The molecule has 5 heteroatoms. The van der Waals surface area contributed by atoms with Crippen LogP contribution in [0.1, 0.15) is 52.9 Å². The van der Waals surface area contributed by atoms with E-state index < -0.39 is 0 Å². The molecule has 1 amide bonds. The maximum Gasteiger partial charge on any atom is 0.219 e. The fraction of sp³-hybridized carbons (Fsp3) is 0.952. The number of hydrogen-bond donors (Lipinski definition) is 1. The number of likely N-dealkylation sites (tertiary alicyclic amines) is 2. The molecule has 0 unspecified atom stereocenters. The molecular weight excluding hydrogens is 326 g/mol. The fourth-order valence-corrected chi connectivity index (χ4v) is 6.07. The lowest BCUT2D eigenvalue weighted by Gasteiger charge is -2.36. The Bertz CT molecular complexity index is 517. The molecule has 1 spiro atoms. The average molecular weight is 364 g/mol. The molecular formula is C21H37N3O2. The summed E-state index contributed by atoms with van der Waals surface area (Å²) < 4.78 is 6.53. The summed E-state index contributed by atoms with van der Waals surface area (Å²) in [5, 5.41) is 3.14. The Labute approximate surface area is 158 Å². The average Bonchev–Trinajstić information content (AvgIpc) is 3.28. The van der Waals surface area contributed by atoms with Gasteiger partial charge < -0.3 is 15.0 Å². The van der Waals surface area contributed by atoms with Gasteiger partial charge in [-0.3, -0.25) is 9.69 Å². The molecule has 4 saturated heterocycles. The van der Waals surface area contributed by atoms with Crippen molar-refractivity contribution in [1.29, 1.82) is 0 Å². The van der Waals surface area contributed by atoms with Gasteiger partial charge in [0.25, 0.3) is 0 Å². The lowest BCUT2D eigenvalue weighted by molar-refractivity contribution is -0.121. The van der Waals surface area contributed by atoms with Gasteiger partial charge >= 0.3 is 0 Å². The van der Waals surface area contributed by atoms with Crippen molar-refractivity contribution in [3.8, 4) is 0 Å². The molecule has 5 nitrogen and oxygen atoms in total. The van der Waals surface area contributed by atoms with E-state index in [2.05, 4.69) is 29.0 Å². The minimum atomic E-state index is 0.102. The van der Waals surface area contributed by atoms with Crippen LogP contribution >= 0.6 is 0 Å². The third-order valence-electron chi connectivity index (χ3n) is 7.61. The Balaban J connectivity index is 1.31. The highest BCUT2D eigenvalue weighted by atomic mass is 16.5. The van der Waals surface area contributed by atoms with Crippen LogP contribution in [-0.2, 0) is 9.53 Å². The van der Waals surface area contributed by atoms with Crippen molar-refractivity contribution >= 4 is 5.91 Å². The number of nitrogens with zero attached hydrogens (tertiary/aromatic N) is 2. The molecule has 4 fully saturated rings. The number of hydrogen-bond acceptors (Lipinski definition) is 4. The Morgan fingerprint density at radius 1 is 1.27 bits per heavy atom. The highest BCUT2D eigenvalue weighted by molar-refractivity contribution is 5.75. The van der Waals surface area contributed by atoms with Gasteiger partial charge in [0.2, 0.25) is 5.91 Å². The monoisotopic (exact) mass is 363 g/mol. The van der Waals surface area contributed by atoms with Crippen LogP contribution in [0.25, 0.3) is 0 Å². The quantitative estimate of drug-likeness (QED) is 0.785. The number of amides is 1. The normalized spacial score (nSPS) is 38.2. The van der Waals surface area contributed by atoms with Crippen molar-refractivity contribution in [3.63, 3.8) is 0 Å². The molecule has 0 aromatic carbocycles. The number of nitrogens with one attached hydrogen (secondary N) is 1. The van der Waals surface area contributed by atoms with Crippen molar-refractivity contribution in [2.45, 2.75) is 70.6 Å². The SMILES string of the molecule is CCC(=O)NC[C@H]1[C@H]2CN(CC3CCN(C(C)C)CC3)C[C@]23CC[C@H]1O3. The van der Waals surface area contributed by atoms with Crippen LogP contribution in [0.3, 0.4) is 0 Å². The van der Waals surface area contributed by atoms with E-state index in [1.165, 1.54) is 51.9 Å². The summed E-state index contributed by atoms with van der Waals surface area (Å²) in [5.41, 5.74) is 0.102. The van der Waals surface area contributed by atoms with Gasteiger partial charge in [-0.2, -0.15) is 0 Å². The third-order valence-corrected chi connectivity index (χ3v) is 7.61. The summed E-state index contributed by atoms with van der Waals surface area (Å²) in [4.78, 5) is 17.0. The summed E-state index contributed by atoms with van der Waals surface area (Å²) in [6, 6.07) is 0.684. The first-order valence-electron chi connectivity index (χ1n) is 10.9. The fourth-order valence-electron chi connectivity index (χ4n) is 6.07. The standard InChI is InChI=1S/C21H37N3O2/c1-4-20(25)22-11-17-18-13-23(14-21(18)8-5-19(17)26-21)12-16-6-9-24(10-7-16)15(2)3/h15-19H,4-14H2,1-3H3,(H,22,25)/t17-,18+,19+,21+/m0/s1. The summed E-state index contributed by atoms with van der Waals surface area (Å²) in [5.74, 6) is 2.16. The zero-order valence-corrected chi connectivity index (χ0v) is 16.9. The predicted molar refractivity (Wildman–Crippen MR) is 103 cm³/mol. The lowest BCUT2D eigenvalue weighted by atomic mass is 9.73. The molecule has 4 atom stereocenters. The number of fused-ring (bicyclic) bond motifs is 1. The summed E-state index contributed by atoms with van der Waals surface area (Å²) in [6.45, 7) is 13.4. The van der Waals surface area contributed by atoms with Crippen molar-refractivity contribution in [2.75, 3.05) is 39.3 Å². The van der Waals surface area contributed by atoms with E-state index in [1.54, 1.807) is 0 Å². The van der Waals surface area contributed by atoms with Crippen LogP contribution in [0, 0.1) is 17.8 Å². The van der Waals surface area contributed by atoms with Crippen molar-refractivity contribution < 1.29 is 9.53 Å². The molecule has 1 N–H and O–H groups in total. The lowest BCUT2D eigenvalue weighted by Crippen LogP contribution is -2.42. The topological polar surface area (TPSA) is 44.8 Å². The van der Waals surface area contributed by atoms with Gasteiger partial charge in [-0.15, -0.1) is 0 Å². The highest BCUT2D eigenvalue weighted by Crippen LogP contribution is 2.54. The number of carbonyl (C=O) groups excluding carboxylic acids is 1. The van der Waals surface area contributed by atoms with Gasteiger partial charge in [0.15, 0.2) is 0 Å². The van der Waals surface area contributed by atoms with Crippen LogP contribution in [0.5, 0.6) is 0 Å². The second-order valence-corrected chi connectivity index (χ2v) is 9.45. The molecule has 0 aromatic rings. The van der Waals surface area contributed by atoms with Gasteiger partial charge in [0, 0.05) is 50.5 Å². The van der Waals surface area contributed by atoms with Crippen LogP contribution < -0.4 is 5.32 Å². The van der Waals surface area contributed by atoms with E-state index in [0.717, 1.165) is 19.0 Å². The van der Waals surface area contributed by atoms with Gasteiger partial charge in [-0.1, -0.05) is 6.92 Å². The Kier molecular flexibility index (Phi) is 5.32. The van der Waals surface area contributed by atoms with Crippen LogP contribution in [-0.4, -0.2) is 72.7 Å². The molecule has 0 aromatic heterocycles. The zero-order valence-electron chi connectivity index (χ0n) is 16.9. The smallest absolute Gasteiger partial charge is 0.219 e. The predicted octanol–water partition coefficient (Wildman–Crippen LogP) is 2.11. The zero-order chi connectivity index (χ0) is 18.3. The van der Waals surface area contributed by atoms with E-state index in [4.69, 9.17) is 4.74 Å². The number of piperidine rings is 1. The molecule has 4 heterocycles. The van der Waals surface area contributed by atoms with Gasteiger partial charge in [-0.05, 0) is 58.5 Å². The molecule has 0 saturated carbocycles. The second kappa shape index (κ2) is 7.40.